The molecule has 9 heteroatoms. The largest absolute Gasteiger partial charge is 0.369 e. The topological polar surface area (TPSA) is 78.0 Å². The van der Waals surface area contributed by atoms with Crippen LogP contribution in [0.25, 0.3) is 0 Å². The first-order valence-electron chi connectivity index (χ1n) is 17.9. The van der Waals surface area contributed by atoms with E-state index in [-0.39, 0.29) is 47.8 Å². The van der Waals surface area contributed by atoms with Crippen LogP contribution >= 0.6 is 0 Å². The van der Waals surface area contributed by atoms with Crippen LogP contribution in [-0.4, -0.2) is 107 Å². The highest BCUT2D eigenvalue weighted by Gasteiger charge is 2.61. The molecule has 244 valence electrons. The number of hydrogen-bond donors (Lipinski definition) is 1. The Bertz CT molecular complexity index is 1290. The maximum Gasteiger partial charge on any atom is 0.256 e. The number of ether oxygens (including phenoxy) is 1. The minimum atomic E-state index is -1.19. The number of ketones is 1. The number of fused-ring (bicyclic) bond motifs is 3. The average Bonchev–Trinajstić information content (AvgIpc) is 3.71. The Morgan fingerprint density at radius 1 is 1.04 bits per heavy atom. The first kappa shape index (κ1) is 30.0. The summed E-state index contributed by atoms with van der Waals surface area (Å²) in [5.41, 5.74) is 1.29. The van der Waals surface area contributed by atoms with Crippen molar-refractivity contribution >= 4 is 11.7 Å². The number of pyridine rings is 1. The van der Waals surface area contributed by atoms with Gasteiger partial charge in [0.05, 0.1) is 35.9 Å². The first-order chi connectivity index (χ1) is 22.0. The Hall–Kier alpha value is -2.36. The van der Waals surface area contributed by atoms with Crippen molar-refractivity contribution < 1.29 is 18.7 Å². The van der Waals surface area contributed by atoms with Crippen molar-refractivity contribution in [2.24, 2.45) is 17.8 Å². The van der Waals surface area contributed by atoms with Crippen molar-refractivity contribution in [3.05, 3.63) is 41.9 Å². The summed E-state index contributed by atoms with van der Waals surface area (Å²) >= 11 is 0. The van der Waals surface area contributed by atoms with Crippen LogP contribution in [-0.2, 0) is 14.3 Å². The maximum atomic E-state index is 16.6. The van der Waals surface area contributed by atoms with Gasteiger partial charge in [0.25, 0.3) is 5.91 Å². The zero-order chi connectivity index (χ0) is 30.7. The molecule has 45 heavy (non-hydrogen) atoms. The fourth-order valence-electron chi connectivity index (χ4n) is 10.6. The Morgan fingerprint density at radius 2 is 1.89 bits per heavy atom. The lowest BCUT2D eigenvalue weighted by Gasteiger charge is -2.61. The molecule has 0 aromatic carbocycles. The molecule has 3 saturated carbocycles. The molecular formula is C36H50FN5O3. The van der Waals surface area contributed by atoms with E-state index < -0.39 is 24.2 Å². The molecule has 3 saturated heterocycles. The summed E-state index contributed by atoms with van der Waals surface area (Å²) < 4.78 is 23.6. The summed E-state index contributed by atoms with van der Waals surface area (Å²) in [6.07, 6.45) is 13.6. The van der Waals surface area contributed by atoms with E-state index in [1.54, 1.807) is 0 Å². The van der Waals surface area contributed by atoms with Crippen molar-refractivity contribution in [2.45, 2.75) is 119 Å². The molecule has 11 unspecified atom stereocenters. The number of nitrogens with zero attached hydrogens (tertiary/aromatic N) is 4. The van der Waals surface area contributed by atoms with Crippen molar-refractivity contribution in [3.63, 3.8) is 0 Å². The van der Waals surface area contributed by atoms with Crippen LogP contribution < -0.4 is 5.32 Å². The Balaban J connectivity index is 1.07. The van der Waals surface area contributed by atoms with Gasteiger partial charge in [0.1, 0.15) is 6.17 Å². The molecule has 1 amide bonds. The molecule has 5 heterocycles. The fraction of sp³-hybridized carbons (Fsp3) is 0.750. The highest BCUT2D eigenvalue weighted by Crippen LogP contribution is 2.51. The number of aromatic nitrogens is 1. The van der Waals surface area contributed by atoms with Gasteiger partial charge >= 0.3 is 0 Å². The van der Waals surface area contributed by atoms with Gasteiger partial charge < -0.3 is 19.9 Å². The lowest BCUT2D eigenvalue weighted by atomic mass is 9.64. The van der Waals surface area contributed by atoms with Crippen molar-refractivity contribution in [1.82, 2.24) is 25.0 Å². The molecule has 4 aliphatic heterocycles. The third-order valence-electron chi connectivity index (χ3n) is 12.9. The number of halogens is 1. The van der Waals surface area contributed by atoms with Crippen LogP contribution in [0.2, 0.25) is 0 Å². The number of carbonyl (C=O) groups excluding carboxylic acids is 2. The molecule has 7 aliphatic rings. The number of carbonyl (C=O) groups is 2. The van der Waals surface area contributed by atoms with E-state index in [0.717, 1.165) is 57.4 Å². The summed E-state index contributed by atoms with van der Waals surface area (Å²) in [5.74, 6) is 0.541. The SMILES string of the molecule is CN1CCCC1CCNC(=O)C1=CN2C3CC4CCCCC4CC3OC3C(N4CCC(c5ccccn5)C4)C(F)CC(C1=O)C32. The van der Waals surface area contributed by atoms with E-state index in [1.807, 2.05) is 24.5 Å². The van der Waals surface area contributed by atoms with E-state index in [2.05, 4.69) is 38.1 Å². The van der Waals surface area contributed by atoms with Gasteiger partial charge in [-0.2, -0.15) is 0 Å². The second kappa shape index (κ2) is 12.3. The van der Waals surface area contributed by atoms with Crippen molar-refractivity contribution in [2.75, 3.05) is 33.2 Å². The molecule has 8 rings (SSSR count). The summed E-state index contributed by atoms with van der Waals surface area (Å²) in [5, 5.41) is 3.08. The zero-order valence-corrected chi connectivity index (χ0v) is 26.7. The standard InChI is InChI=1S/C36H50FN5O3/c1-40-15-6-9-25(40)11-14-39-36(44)27-21-42-30-17-22-7-2-3-8-23(22)18-31(30)45-35-32(42)26(34(27)43)19-28(37)33(35)41-16-12-24(20-41)29-10-4-5-13-38-29/h4-5,10,13,21-26,28,30-33,35H,2-3,6-9,11-12,14-20H2,1H3,(H,39,44). The minimum Gasteiger partial charge on any atom is -0.369 e. The number of alkyl halides is 1. The van der Waals surface area contributed by atoms with Crippen molar-refractivity contribution in [3.8, 4) is 0 Å². The van der Waals surface area contributed by atoms with E-state index in [4.69, 9.17) is 4.74 Å². The van der Waals surface area contributed by atoms with E-state index >= 15 is 4.39 Å². The van der Waals surface area contributed by atoms with Gasteiger partial charge in [0, 0.05) is 49.1 Å². The smallest absolute Gasteiger partial charge is 0.256 e. The molecule has 8 nitrogen and oxygen atoms in total. The predicted octanol–water partition coefficient (Wildman–Crippen LogP) is 4.07. The van der Waals surface area contributed by atoms with Gasteiger partial charge in [-0.05, 0) is 89.1 Å². The minimum absolute atomic E-state index is 0.0000861. The van der Waals surface area contributed by atoms with Gasteiger partial charge in [-0.1, -0.05) is 31.7 Å². The lowest BCUT2D eigenvalue weighted by Crippen LogP contribution is -2.73. The van der Waals surface area contributed by atoms with Gasteiger partial charge in [0.2, 0.25) is 0 Å². The summed E-state index contributed by atoms with van der Waals surface area (Å²) in [7, 11) is 2.14. The zero-order valence-electron chi connectivity index (χ0n) is 26.7. The molecule has 0 spiro atoms. The van der Waals surface area contributed by atoms with Gasteiger partial charge in [-0.3, -0.25) is 19.5 Å². The lowest BCUT2D eigenvalue weighted by molar-refractivity contribution is -0.219. The molecule has 0 radical (unpaired) electrons. The highest BCUT2D eigenvalue weighted by molar-refractivity contribution is 6.20. The third kappa shape index (κ3) is 5.44. The molecular weight excluding hydrogens is 569 g/mol. The maximum absolute atomic E-state index is 16.6. The number of likely N-dealkylation sites (tertiary alicyclic amines) is 2. The van der Waals surface area contributed by atoms with Crippen LogP contribution in [0.5, 0.6) is 0 Å². The molecule has 1 aromatic heterocycles. The molecule has 3 aliphatic carbocycles. The Labute approximate surface area is 267 Å². The first-order valence-corrected chi connectivity index (χ1v) is 17.9. The van der Waals surface area contributed by atoms with Gasteiger partial charge in [-0.25, -0.2) is 4.39 Å². The van der Waals surface area contributed by atoms with Crippen LogP contribution in [0, 0.1) is 17.8 Å². The summed E-state index contributed by atoms with van der Waals surface area (Å²) in [4.78, 5) is 39.4. The average molecular weight is 620 g/mol. The van der Waals surface area contributed by atoms with Crippen LogP contribution in [0.3, 0.4) is 0 Å². The molecule has 11 atom stereocenters. The number of Topliss-reactive ketones (excluding diaryl/α,β-unsaturated/α-hetero) is 1. The van der Waals surface area contributed by atoms with Crippen LogP contribution in [0.1, 0.15) is 82.2 Å². The van der Waals surface area contributed by atoms with E-state index in [0.29, 0.717) is 24.4 Å². The monoisotopic (exact) mass is 619 g/mol. The highest BCUT2D eigenvalue weighted by atomic mass is 19.1. The van der Waals surface area contributed by atoms with Gasteiger partial charge in [0.15, 0.2) is 5.78 Å². The van der Waals surface area contributed by atoms with E-state index in [1.165, 1.54) is 32.1 Å². The van der Waals surface area contributed by atoms with Gasteiger partial charge in [-0.15, -0.1) is 0 Å². The fourth-order valence-corrected chi connectivity index (χ4v) is 10.6. The third-order valence-corrected chi connectivity index (χ3v) is 12.9. The number of rotatable bonds is 6. The summed E-state index contributed by atoms with van der Waals surface area (Å²) in [6.45, 7) is 3.20. The van der Waals surface area contributed by atoms with Crippen LogP contribution in [0.15, 0.2) is 36.2 Å². The van der Waals surface area contributed by atoms with Crippen molar-refractivity contribution in [1.29, 1.82) is 0 Å². The Kier molecular flexibility index (Phi) is 8.23. The molecule has 1 aromatic rings. The quantitative estimate of drug-likeness (QED) is 0.481. The Morgan fingerprint density at radius 3 is 2.67 bits per heavy atom. The number of morpholine rings is 1. The number of hydrogen-bond acceptors (Lipinski definition) is 7. The predicted molar refractivity (Wildman–Crippen MR) is 169 cm³/mol. The molecule has 0 bridgehead atoms. The summed E-state index contributed by atoms with van der Waals surface area (Å²) in [6, 6.07) is 6.02. The van der Waals surface area contributed by atoms with E-state index in [9.17, 15) is 9.59 Å². The molecule has 6 fully saturated rings. The second-order valence-corrected chi connectivity index (χ2v) is 15.2. The van der Waals surface area contributed by atoms with Crippen LogP contribution in [0.4, 0.5) is 4.39 Å². The number of nitrogens with one attached hydrogen (secondary N) is 1. The molecule has 1 N–H and O–H groups in total. The second-order valence-electron chi connectivity index (χ2n) is 15.2. The normalized spacial score (nSPS) is 41.6. The number of amides is 1.